The molecule has 0 heterocycles. The van der Waals surface area contributed by atoms with Crippen molar-refractivity contribution in [1.29, 1.82) is 0 Å². The Bertz CT molecular complexity index is 328. The van der Waals surface area contributed by atoms with Crippen LogP contribution >= 0.6 is 11.8 Å². The van der Waals surface area contributed by atoms with Gasteiger partial charge in [-0.05, 0) is 24.1 Å². The minimum Gasteiger partial charge on any atom is -0.198 e. The molecule has 14 heavy (non-hydrogen) atoms. The fourth-order valence-corrected chi connectivity index (χ4v) is 1.68. The summed E-state index contributed by atoms with van der Waals surface area (Å²) in [6, 6.07) is 7.10. The summed E-state index contributed by atoms with van der Waals surface area (Å²) in [6.07, 6.45) is 6.51. The van der Waals surface area contributed by atoms with Crippen LogP contribution in [0.5, 0.6) is 0 Å². The number of aryl methyl sites for hydroxylation is 1. The Kier molecular flexibility index (Phi) is 4.48. The highest BCUT2D eigenvalue weighted by Gasteiger charge is 2.04. The number of benzene rings is 1. The number of terminal acetylenes is 1. The van der Waals surface area contributed by atoms with Gasteiger partial charge in [0.15, 0.2) is 0 Å². The maximum atomic E-state index is 12.0. The molecule has 0 atom stereocenters. The van der Waals surface area contributed by atoms with Crippen molar-refractivity contribution in [3.63, 3.8) is 0 Å². The third-order valence-electron chi connectivity index (χ3n) is 1.68. The highest BCUT2D eigenvalue weighted by molar-refractivity contribution is 7.99. The lowest BCUT2D eigenvalue weighted by atomic mass is 10.1. The summed E-state index contributed by atoms with van der Waals surface area (Å²) in [5, 5.41) is 0. The molecule has 0 nitrogen and oxygen atoms in total. The van der Waals surface area contributed by atoms with E-state index in [0.717, 1.165) is 12.0 Å². The summed E-state index contributed by atoms with van der Waals surface area (Å²) in [5.41, 5.74) is 1.01. The van der Waals surface area contributed by atoms with Crippen LogP contribution in [0, 0.1) is 12.3 Å². The Hall–Kier alpha value is -1.01. The Morgan fingerprint density at radius 3 is 2.86 bits per heavy atom. The third kappa shape index (κ3) is 3.80. The van der Waals surface area contributed by atoms with Crippen molar-refractivity contribution in [2.75, 3.05) is 0 Å². The Balaban J connectivity index is 2.65. The molecular formula is C11H10F2S. The number of hydrogen-bond acceptors (Lipinski definition) is 1. The van der Waals surface area contributed by atoms with Crippen LogP contribution < -0.4 is 0 Å². The molecular weight excluding hydrogens is 202 g/mol. The number of thioether (sulfide) groups is 1. The summed E-state index contributed by atoms with van der Waals surface area (Å²) < 4.78 is 24.1. The van der Waals surface area contributed by atoms with E-state index in [0.29, 0.717) is 23.1 Å². The first-order valence-corrected chi connectivity index (χ1v) is 5.07. The Morgan fingerprint density at radius 2 is 2.21 bits per heavy atom. The molecule has 0 aromatic heterocycles. The van der Waals surface area contributed by atoms with Gasteiger partial charge in [-0.25, -0.2) is 0 Å². The molecule has 0 radical (unpaired) electrons. The predicted molar refractivity (Wildman–Crippen MR) is 55.5 cm³/mol. The maximum Gasteiger partial charge on any atom is 0.288 e. The van der Waals surface area contributed by atoms with Crippen molar-refractivity contribution in [2.24, 2.45) is 0 Å². The molecule has 1 aromatic rings. The molecule has 1 aromatic carbocycles. The van der Waals surface area contributed by atoms with Crippen LogP contribution in [0.2, 0.25) is 0 Å². The monoisotopic (exact) mass is 212 g/mol. The molecule has 0 saturated carbocycles. The van der Waals surface area contributed by atoms with E-state index in [4.69, 9.17) is 6.42 Å². The van der Waals surface area contributed by atoms with Gasteiger partial charge in [0.2, 0.25) is 0 Å². The average Bonchev–Trinajstić information content (AvgIpc) is 2.14. The first kappa shape index (κ1) is 11.1. The lowest BCUT2D eigenvalue weighted by molar-refractivity contribution is 0.252. The molecule has 0 aliphatic carbocycles. The van der Waals surface area contributed by atoms with Gasteiger partial charge < -0.3 is 0 Å². The van der Waals surface area contributed by atoms with E-state index < -0.39 is 5.76 Å². The van der Waals surface area contributed by atoms with E-state index in [-0.39, 0.29) is 0 Å². The number of halogens is 2. The van der Waals surface area contributed by atoms with Crippen LogP contribution in [0.15, 0.2) is 29.2 Å². The third-order valence-corrected chi connectivity index (χ3v) is 2.39. The summed E-state index contributed by atoms with van der Waals surface area (Å²) in [7, 11) is 0. The van der Waals surface area contributed by atoms with Crippen molar-refractivity contribution in [3.8, 4) is 12.3 Å². The first-order valence-electron chi connectivity index (χ1n) is 4.19. The van der Waals surface area contributed by atoms with Crippen molar-refractivity contribution in [2.45, 2.75) is 23.5 Å². The molecule has 0 bridgehead atoms. The molecule has 0 spiro atoms. The predicted octanol–water partition coefficient (Wildman–Crippen LogP) is 3.57. The van der Waals surface area contributed by atoms with Crippen LogP contribution in [0.25, 0.3) is 0 Å². The summed E-state index contributed by atoms with van der Waals surface area (Å²) in [6.45, 7) is 0. The maximum absolute atomic E-state index is 12.0. The van der Waals surface area contributed by atoms with Gasteiger partial charge in [0.05, 0.1) is 0 Å². The van der Waals surface area contributed by atoms with E-state index in [1.165, 1.54) is 0 Å². The van der Waals surface area contributed by atoms with Crippen LogP contribution in [-0.4, -0.2) is 5.76 Å². The molecule has 0 aliphatic heterocycles. The first-order chi connectivity index (χ1) is 6.72. The smallest absolute Gasteiger partial charge is 0.198 e. The van der Waals surface area contributed by atoms with Gasteiger partial charge in [-0.3, -0.25) is 0 Å². The molecule has 1 rings (SSSR count). The normalized spacial score (nSPS) is 10.1. The standard InChI is InChI=1S/C11H10F2S/c1-2-3-5-9-6-4-7-10(8-9)14-11(12)13/h1,4,6-8,11H,3,5H2. The molecule has 0 aliphatic rings. The van der Waals surface area contributed by atoms with E-state index in [2.05, 4.69) is 5.92 Å². The van der Waals surface area contributed by atoms with Gasteiger partial charge in [0.25, 0.3) is 5.76 Å². The minimum absolute atomic E-state index is 0.561. The van der Waals surface area contributed by atoms with Gasteiger partial charge in [-0.2, -0.15) is 8.78 Å². The second-order valence-electron chi connectivity index (χ2n) is 2.73. The van der Waals surface area contributed by atoms with E-state index in [1.807, 2.05) is 6.07 Å². The zero-order chi connectivity index (χ0) is 10.4. The van der Waals surface area contributed by atoms with Crippen molar-refractivity contribution in [1.82, 2.24) is 0 Å². The quantitative estimate of drug-likeness (QED) is 0.543. The lowest BCUT2D eigenvalue weighted by Gasteiger charge is -2.02. The fraction of sp³-hybridized carbons (Fsp3) is 0.273. The van der Waals surface area contributed by atoms with Gasteiger partial charge in [-0.15, -0.1) is 12.3 Å². The highest BCUT2D eigenvalue weighted by Crippen LogP contribution is 2.25. The summed E-state index contributed by atoms with van der Waals surface area (Å²) in [4.78, 5) is 0.592. The van der Waals surface area contributed by atoms with Gasteiger partial charge in [0.1, 0.15) is 0 Å². The van der Waals surface area contributed by atoms with Crippen molar-refractivity contribution < 1.29 is 8.78 Å². The van der Waals surface area contributed by atoms with Crippen LogP contribution in [0.1, 0.15) is 12.0 Å². The number of hydrogen-bond donors (Lipinski definition) is 0. The van der Waals surface area contributed by atoms with Crippen LogP contribution in [-0.2, 0) is 6.42 Å². The highest BCUT2D eigenvalue weighted by atomic mass is 32.2. The lowest BCUT2D eigenvalue weighted by Crippen LogP contribution is -1.86. The van der Waals surface area contributed by atoms with Gasteiger partial charge in [-0.1, -0.05) is 23.9 Å². The van der Waals surface area contributed by atoms with Crippen LogP contribution in [0.3, 0.4) is 0 Å². The summed E-state index contributed by atoms with van der Waals surface area (Å²) in [5.74, 6) is 0.158. The molecule has 0 amide bonds. The zero-order valence-electron chi connectivity index (χ0n) is 7.54. The van der Waals surface area contributed by atoms with Crippen LogP contribution in [0.4, 0.5) is 8.78 Å². The topological polar surface area (TPSA) is 0 Å². The molecule has 0 saturated heterocycles. The van der Waals surface area contributed by atoms with Gasteiger partial charge >= 0.3 is 0 Å². The molecule has 74 valence electrons. The Labute approximate surface area is 86.7 Å². The number of alkyl halides is 2. The molecule has 0 unspecified atom stereocenters. The minimum atomic E-state index is -2.36. The fourth-order valence-electron chi connectivity index (χ4n) is 1.09. The second kappa shape index (κ2) is 5.66. The van der Waals surface area contributed by atoms with Gasteiger partial charge in [0, 0.05) is 11.3 Å². The SMILES string of the molecule is C#CCCc1cccc(SC(F)F)c1. The summed E-state index contributed by atoms with van der Waals surface area (Å²) >= 11 is 0.561. The number of rotatable bonds is 4. The van der Waals surface area contributed by atoms with E-state index >= 15 is 0 Å². The van der Waals surface area contributed by atoms with Crippen molar-refractivity contribution in [3.05, 3.63) is 29.8 Å². The molecule has 0 fully saturated rings. The van der Waals surface area contributed by atoms with E-state index in [1.54, 1.807) is 18.2 Å². The zero-order valence-corrected chi connectivity index (χ0v) is 8.36. The second-order valence-corrected chi connectivity index (χ2v) is 3.79. The van der Waals surface area contributed by atoms with E-state index in [9.17, 15) is 8.78 Å². The molecule has 3 heteroatoms. The molecule has 0 N–H and O–H groups in total. The van der Waals surface area contributed by atoms with Crippen molar-refractivity contribution >= 4 is 11.8 Å². The largest absolute Gasteiger partial charge is 0.288 e. The Morgan fingerprint density at radius 1 is 1.43 bits per heavy atom. The average molecular weight is 212 g/mol.